The van der Waals surface area contributed by atoms with Crippen LogP contribution in [0.2, 0.25) is 0 Å². The number of nitrogens with two attached hydrogens (primary N) is 1. The van der Waals surface area contributed by atoms with Crippen molar-refractivity contribution in [2.75, 3.05) is 24.1 Å². The van der Waals surface area contributed by atoms with Crippen LogP contribution in [0.4, 0.5) is 11.4 Å². The molecule has 1 aliphatic rings. The van der Waals surface area contributed by atoms with E-state index < -0.39 is 0 Å². The summed E-state index contributed by atoms with van der Waals surface area (Å²) >= 11 is 0. The van der Waals surface area contributed by atoms with Crippen molar-refractivity contribution in [3.05, 3.63) is 23.8 Å². The van der Waals surface area contributed by atoms with Crippen molar-refractivity contribution in [3.63, 3.8) is 0 Å². The summed E-state index contributed by atoms with van der Waals surface area (Å²) < 4.78 is 0. The van der Waals surface area contributed by atoms with Gasteiger partial charge in [0.2, 0.25) is 5.91 Å². The van der Waals surface area contributed by atoms with E-state index in [4.69, 9.17) is 5.73 Å². The lowest BCUT2D eigenvalue weighted by Crippen LogP contribution is -2.39. The molecular weight excluding hydrogens is 250 g/mol. The Morgan fingerprint density at radius 3 is 2.70 bits per heavy atom. The number of carbonyl (C=O) groups excluding carboxylic acids is 1. The molecule has 4 heteroatoms. The maximum atomic E-state index is 12.2. The van der Waals surface area contributed by atoms with Gasteiger partial charge in [-0.25, -0.2) is 0 Å². The highest BCUT2D eigenvalue weighted by Crippen LogP contribution is 2.24. The molecule has 0 bridgehead atoms. The predicted molar refractivity (Wildman–Crippen MR) is 83.7 cm³/mol. The number of nitrogen functional groups attached to an aromatic ring is 1. The Morgan fingerprint density at radius 1 is 1.40 bits per heavy atom. The predicted octanol–water partition coefficient (Wildman–Crippen LogP) is 2.78. The Balaban J connectivity index is 1.97. The number of nitrogens with zero attached hydrogens (tertiary/aromatic N) is 1. The minimum Gasteiger partial charge on any atom is -0.397 e. The second kappa shape index (κ2) is 6.75. The summed E-state index contributed by atoms with van der Waals surface area (Å²) in [6.45, 7) is 5.45. The number of amides is 1. The molecule has 4 nitrogen and oxygen atoms in total. The molecule has 1 saturated carbocycles. The van der Waals surface area contributed by atoms with Crippen LogP contribution in [0.15, 0.2) is 18.2 Å². The van der Waals surface area contributed by atoms with E-state index in [0.29, 0.717) is 18.3 Å². The highest BCUT2D eigenvalue weighted by atomic mass is 16.2. The zero-order valence-corrected chi connectivity index (χ0v) is 12.5. The Labute approximate surface area is 121 Å². The quantitative estimate of drug-likeness (QED) is 0.812. The molecule has 1 amide bonds. The normalized spacial score (nSPS) is 15.8. The second-order valence-electron chi connectivity index (χ2n) is 5.59. The molecule has 0 radical (unpaired) electrons. The Hall–Kier alpha value is -1.55. The zero-order valence-electron chi connectivity index (χ0n) is 12.5. The van der Waals surface area contributed by atoms with Gasteiger partial charge in [0.1, 0.15) is 0 Å². The fourth-order valence-corrected chi connectivity index (χ4v) is 2.99. The molecule has 2 rings (SSSR count). The number of likely N-dealkylation sites (N-methyl/N-ethyl adjacent to an activating group) is 1. The molecule has 0 heterocycles. The average molecular weight is 275 g/mol. The van der Waals surface area contributed by atoms with Crippen LogP contribution >= 0.6 is 0 Å². The van der Waals surface area contributed by atoms with Crippen molar-refractivity contribution in [1.29, 1.82) is 0 Å². The van der Waals surface area contributed by atoms with Gasteiger partial charge in [-0.2, -0.15) is 0 Å². The molecule has 3 N–H and O–H groups in total. The van der Waals surface area contributed by atoms with Crippen LogP contribution in [-0.4, -0.2) is 29.9 Å². The number of hydrogen-bond acceptors (Lipinski definition) is 3. The molecule has 1 aromatic rings. The number of carbonyl (C=O) groups is 1. The number of aryl methyl sites for hydroxylation is 1. The van der Waals surface area contributed by atoms with Gasteiger partial charge in [-0.1, -0.05) is 31.9 Å². The van der Waals surface area contributed by atoms with Crippen molar-refractivity contribution in [3.8, 4) is 0 Å². The Kier molecular flexibility index (Phi) is 5.01. The van der Waals surface area contributed by atoms with Gasteiger partial charge in [0.15, 0.2) is 0 Å². The summed E-state index contributed by atoms with van der Waals surface area (Å²) in [6, 6.07) is 6.24. The molecule has 0 atom stereocenters. The molecule has 20 heavy (non-hydrogen) atoms. The lowest BCUT2D eigenvalue weighted by atomic mass is 10.1. The van der Waals surface area contributed by atoms with Gasteiger partial charge < -0.3 is 11.1 Å². The van der Waals surface area contributed by atoms with Gasteiger partial charge in [0.25, 0.3) is 0 Å². The minimum absolute atomic E-state index is 0.0275. The lowest BCUT2D eigenvalue weighted by Gasteiger charge is -2.26. The van der Waals surface area contributed by atoms with Crippen molar-refractivity contribution in [2.24, 2.45) is 0 Å². The molecule has 110 valence electrons. The molecular formula is C16H25N3O. The van der Waals surface area contributed by atoms with Gasteiger partial charge in [-0.3, -0.25) is 9.69 Å². The van der Waals surface area contributed by atoms with E-state index in [0.717, 1.165) is 17.8 Å². The van der Waals surface area contributed by atoms with Crippen molar-refractivity contribution in [2.45, 2.75) is 45.6 Å². The molecule has 0 aliphatic heterocycles. The standard InChI is InChI=1S/C16H25N3O/c1-3-19(13-8-4-5-9-13)11-15(20)18-16-12(2)7-6-10-14(16)17/h6-7,10,13H,3-5,8-9,11,17H2,1-2H3,(H,18,20). The summed E-state index contributed by atoms with van der Waals surface area (Å²) in [5, 5.41) is 2.96. The van der Waals surface area contributed by atoms with E-state index in [1.807, 2.05) is 25.1 Å². The highest BCUT2D eigenvalue weighted by Gasteiger charge is 2.23. The average Bonchev–Trinajstić information content (AvgIpc) is 2.94. The minimum atomic E-state index is 0.0275. The van der Waals surface area contributed by atoms with E-state index in [1.165, 1.54) is 25.7 Å². The number of rotatable bonds is 5. The van der Waals surface area contributed by atoms with Crippen molar-refractivity contribution in [1.82, 2.24) is 4.90 Å². The van der Waals surface area contributed by atoms with Gasteiger partial charge >= 0.3 is 0 Å². The van der Waals surface area contributed by atoms with E-state index >= 15 is 0 Å². The molecule has 1 fully saturated rings. The first-order valence-electron chi connectivity index (χ1n) is 7.50. The van der Waals surface area contributed by atoms with Crippen molar-refractivity contribution >= 4 is 17.3 Å². The van der Waals surface area contributed by atoms with Crippen molar-refractivity contribution < 1.29 is 4.79 Å². The molecule has 0 unspecified atom stereocenters. The number of anilines is 2. The summed E-state index contributed by atoms with van der Waals surface area (Å²) in [5.74, 6) is 0.0275. The number of nitrogens with one attached hydrogen (secondary N) is 1. The van der Waals surface area contributed by atoms with Gasteiger partial charge in [0, 0.05) is 6.04 Å². The fourth-order valence-electron chi connectivity index (χ4n) is 2.99. The summed E-state index contributed by atoms with van der Waals surface area (Å²) in [5.41, 5.74) is 8.31. The van der Waals surface area contributed by atoms with Crippen LogP contribution in [0, 0.1) is 6.92 Å². The molecule has 1 aromatic carbocycles. The largest absolute Gasteiger partial charge is 0.397 e. The SMILES string of the molecule is CCN(CC(=O)Nc1c(C)cccc1N)C1CCCC1. The molecule has 0 spiro atoms. The van der Waals surface area contributed by atoms with Crippen LogP contribution in [0.3, 0.4) is 0 Å². The first-order chi connectivity index (χ1) is 9.61. The zero-order chi connectivity index (χ0) is 14.5. The summed E-state index contributed by atoms with van der Waals surface area (Å²) in [7, 11) is 0. The molecule has 1 aliphatic carbocycles. The number of hydrogen-bond donors (Lipinski definition) is 2. The fraction of sp³-hybridized carbons (Fsp3) is 0.562. The van der Waals surface area contributed by atoms with E-state index in [1.54, 1.807) is 0 Å². The third-order valence-electron chi connectivity index (χ3n) is 4.16. The van der Waals surface area contributed by atoms with E-state index in [9.17, 15) is 4.79 Å². The first-order valence-corrected chi connectivity index (χ1v) is 7.50. The Morgan fingerprint density at radius 2 is 2.10 bits per heavy atom. The summed E-state index contributed by atoms with van der Waals surface area (Å²) in [4.78, 5) is 14.5. The smallest absolute Gasteiger partial charge is 0.238 e. The lowest BCUT2D eigenvalue weighted by molar-refractivity contribution is -0.117. The monoisotopic (exact) mass is 275 g/mol. The summed E-state index contributed by atoms with van der Waals surface area (Å²) in [6.07, 6.45) is 5.00. The van der Waals surface area contributed by atoms with Crippen LogP contribution in [0.5, 0.6) is 0 Å². The van der Waals surface area contributed by atoms with E-state index in [2.05, 4.69) is 17.1 Å². The third kappa shape index (κ3) is 3.51. The Bertz CT molecular complexity index is 447. The maximum Gasteiger partial charge on any atom is 0.238 e. The van der Waals surface area contributed by atoms with Crippen LogP contribution in [0.1, 0.15) is 38.2 Å². The number of para-hydroxylation sites is 1. The number of benzene rings is 1. The molecule has 0 saturated heterocycles. The highest BCUT2D eigenvalue weighted by molar-refractivity contribution is 5.96. The van der Waals surface area contributed by atoms with Gasteiger partial charge in [-0.15, -0.1) is 0 Å². The maximum absolute atomic E-state index is 12.2. The second-order valence-corrected chi connectivity index (χ2v) is 5.59. The third-order valence-corrected chi connectivity index (χ3v) is 4.16. The van der Waals surface area contributed by atoms with Gasteiger partial charge in [-0.05, 0) is 37.9 Å². The van der Waals surface area contributed by atoms with Crippen LogP contribution < -0.4 is 11.1 Å². The van der Waals surface area contributed by atoms with Crippen LogP contribution in [-0.2, 0) is 4.79 Å². The van der Waals surface area contributed by atoms with Crippen LogP contribution in [0.25, 0.3) is 0 Å². The first kappa shape index (κ1) is 14.9. The topological polar surface area (TPSA) is 58.4 Å². The van der Waals surface area contributed by atoms with E-state index in [-0.39, 0.29) is 5.91 Å². The molecule has 0 aromatic heterocycles. The van der Waals surface area contributed by atoms with Gasteiger partial charge in [0.05, 0.1) is 17.9 Å².